The van der Waals surface area contributed by atoms with Gasteiger partial charge >= 0.3 is 5.72 Å². The average Bonchev–Trinajstić information content (AvgIpc) is 1.64. The number of ketones is 6. The minimum absolute atomic E-state index is 0.0403. The van der Waals surface area contributed by atoms with Crippen molar-refractivity contribution in [2.45, 2.75) is 266 Å². The summed E-state index contributed by atoms with van der Waals surface area (Å²) >= 11 is 0. The van der Waals surface area contributed by atoms with Crippen LogP contribution >= 0.6 is 0 Å². The van der Waals surface area contributed by atoms with E-state index in [4.69, 9.17) is 20.6 Å². The van der Waals surface area contributed by atoms with Crippen LogP contribution in [0.1, 0.15) is 257 Å². The summed E-state index contributed by atoms with van der Waals surface area (Å²) in [5.74, 6) is 1.63. The van der Waals surface area contributed by atoms with E-state index in [9.17, 15) is 28.8 Å². The van der Waals surface area contributed by atoms with Crippen LogP contribution < -0.4 is 0 Å². The minimum Gasteiger partial charge on any atom is -0.307 e. The number of hydrogen-bond acceptors (Lipinski definition) is 7. The summed E-state index contributed by atoms with van der Waals surface area (Å²) in [7, 11) is 2.50. The Hall–Kier alpha value is -3.82. The molecule has 0 aromatic heterocycles. The molecule has 1 heterocycles. The molecule has 0 N–H and O–H groups in total. The van der Waals surface area contributed by atoms with E-state index < -0.39 is 33.5 Å². The lowest BCUT2D eigenvalue weighted by Gasteiger charge is -2.69. The molecule has 11 aliphatic rings. The molecule has 8 fully saturated rings. The van der Waals surface area contributed by atoms with Crippen LogP contribution in [0.25, 0.3) is 9.69 Å². The van der Waals surface area contributed by atoms with Gasteiger partial charge in [0.05, 0.1) is 6.57 Å². The summed E-state index contributed by atoms with van der Waals surface area (Å²) in [6, 6.07) is 0. The van der Waals surface area contributed by atoms with Gasteiger partial charge in [0.1, 0.15) is 11.6 Å². The van der Waals surface area contributed by atoms with E-state index in [2.05, 4.69) is 78.9 Å². The van der Waals surface area contributed by atoms with E-state index in [-0.39, 0.29) is 108 Å². The topological polar surface area (TPSA) is 124 Å². The summed E-state index contributed by atoms with van der Waals surface area (Å²) < 4.78 is 17.6. The second-order valence-corrected chi connectivity index (χ2v) is 32.6. The highest BCUT2D eigenvalue weighted by Crippen LogP contribution is 2.79. The molecule has 7 saturated carbocycles. The van der Waals surface area contributed by atoms with Gasteiger partial charge in [0.25, 0.3) is 5.78 Å². The van der Waals surface area contributed by atoms with Gasteiger partial charge in [-0.3, -0.25) is 33.6 Å². The fourth-order valence-electron chi connectivity index (χ4n) is 22.2. The zero-order valence-corrected chi connectivity index (χ0v) is 53.7. The van der Waals surface area contributed by atoms with Crippen LogP contribution in [0, 0.1) is 114 Å². The second kappa shape index (κ2) is 19.6. The van der Waals surface area contributed by atoms with Crippen molar-refractivity contribution >= 4 is 34.7 Å². The lowest BCUT2D eigenvalue weighted by molar-refractivity contribution is -0.176. The number of fused-ring (bicyclic) bond motifs is 16. The average molecular weight is 1120 g/mol. The first kappa shape index (κ1) is 60.3. The van der Waals surface area contributed by atoms with Gasteiger partial charge in [-0.1, -0.05) is 143 Å². The number of carbonyl (C=O) groups excluding carboxylic acids is 6. The van der Waals surface area contributed by atoms with Crippen molar-refractivity contribution in [3.63, 3.8) is 0 Å². The monoisotopic (exact) mass is 1110 g/mol. The first-order valence-corrected chi connectivity index (χ1v) is 31.3. The van der Waals surface area contributed by atoms with Gasteiger partial charge in [-0.15, -0.1) is 0 Å². The smallest absolute Gasteiger partial charge is 0.307 e. The quantitative estimate of drug-likeness (QED) is 0.175. The van der Waals surface area contributed by atoms with Gasteiger partial charge < -0.3 is 4.79 Å². The number of hydrogen-bond donors (Lipinski definition) is 0. The number of epoxide rings is 1. The zero-order chi connectivity index (χ0) is 62.1. The molecular formula is C72H106N2O7. The van der Waals surface area contributed by atoms with Gasteiger partial charge in [-0.05, 0) is 182 Å². The Morgan fingerprint density at radius 3 is 1.48 bits per heavy atom. The van der Waals surface area contributed by atoms with Crippen molar-refractivity contribution in [1.29, 1.82) is 0 Å². The van der Waals surface area contributed by atoms with E-state index in [0.29, 0.717) is 37.2 Å². The van der Waals surface area contributed by atoms with Gasteiger partial charge in [-0.2, -0.15) is 0 Å². The van der Waals surface area contributed by atoms with Gasteiger partial charge in [0.2, 0.25) is 5.70 Å². The van der Waals surface area contributed by atoms with Crippen LogP contribution in [0.15, 0.2) is 35.1 Å². The first-order chi connectivity index (χ1) is 38.5. The van der Waals surface area contributed by atoms with Gasteiger partial charge in [0.15, 0.2) is 23.5 Å². The van der Waals surface area contributed by atoms with Gasteiger partial charge in [0, 0.05) is 61.9 Å². The Morgan fingerprint density at radius 2 is 1.04 bits per heavy atom. The van der Waals surface area contributed by atoms with Crippen LogP contribution in [0.3, 0.4) is 0 Å². The third kappa shape index (κ3) is 8.42. The molecule has 0 bridgehead atoms. The van der Waals surface area contributed by atoms with Gasteiger partial charge in [-0.25, -0.2) is 11.4 Å². The Kier molecular flexibility index (Phi) is 14.6. The Balaban J connectivity index is 0.000000205. The Bertz CT molecular complexity index is 2900. The number of carbonyl (C=O) groups is 6. The third-order valence-corrected chi connectivity index (χ3v) is 27.5. The normalized spacial score (nSPS) is 45.9. The molecule has 16 atom stereocenters. The number of rotatable bonds is 8. The van der Waals surface area contributed by atoms with E-state index in [1.807, 2.05) is 59.8 Å². The van der Waals surface area contributed by atoms with Crippen molar-refractivity contribution in [3.05, 3.63) is 57.9 Å². The lowest BCUT2D eigenvalue weighted by atomic mass is 9.33. The number of Topliss-reactive ketones (excluding diaryl/α,β-unsaturated/α-hetero) is 4. The third-order valence-electron chi connectivity index (χ3n) is 27.5. The number of ether oxygens (including phenoxy) is 1. The minimum atomic E-state index is -1.39. The van der Waals surface area contributed by atoms with Crippen molar-refractivity contribution < 1.29 is 36.2 Å². The maximum atomic E-state index is 14.6. The predicted molar refractivity (Wildman–Crippen MR) is 322 cm³/mol. The molecule has 0 aromatic rings. The van der Waals surface area contributed by atoms with Crippen LogP contribution in [-0.2, 0) is 33.5 Å². The second-order valence-electron chi connectivity index (χ2n) is 32.6. The lowest BCUT2D eigenvalue weighted by Crippen LogP contribution is -2.67. The fourth-order valence-corrected chi connectivity index (χ4v) is 22.2. The standard InChI is InChI=1S/C35H49NO4.C35H49NO3.2CH4/c1-10-21(37)11-14-34-17-15-29(2,3)20-22(34)26-23(38)19-25-31(6,32(26,7)16-18-34)13-12-24-30(4,5)27(39)35(36-9)28(40-35)33(24,25)8;1-10-22(37)11-14-35-17-15-30(2,3)20-23(35)28-25(38)19-27-32(6)21-24(36-9)29(39)31(4,5)26(32)12-13-33(27,7)34(28,8)16-18-35;;/h19,22,24,26,28H,10-18,20H2,1-8H3;19,21,23,26,28H,10-18,20H2,1-8H3;2*1H4/t22-,24-,26-,28+,31+,32+,33-,34+,35-;23-,26-,28-,32-,33+,34+,35+;;/m00../s1/i;;2*1T. The van der Waals surface area contributed by atoms with Crippen LogP contribution in [0.2, 0.25) is 0 Å². The Morgan fingerprint density at radius 1 is 0.605 bits per heavy atom. The predicted octanol–water partition coefficient (Wildman–Crippen LogP) is 17.1. The van der Waals surface area contributed by atoms with Crippen molar-refractivity contribution in [2.75, 3.05) is 0 Å². The molecule has 1 saturated heterocycles. The molecule has 446 valence electrons. The fraction of sp³-hybridized carbons (Fsp3) is 0.806. The highest BCUT2D eigenvalue weighted by Gasteiger charge is 2.87. The number of nitrogens with zero attached hydrogens (tertiary/aromatic N) is 2. The van der Waals surface area contributed by atoms with Crippen molar-refractivity contribution in [2.24, 2.45) is 100 Å². The highest BCUT2D eigenvalue weighted by molar-refractivity contribution is 6.03. The molecule has 0 spiro atoms. The molecule has 1 aliphatic heterocycles. The maximum Gasteiger partial charge on any atom is 0.424 e. The molecule has 11 rings (SSSR count). The molecule has 0 radical (unpaired) electrons. The van der Waals surface area contributed by atoms with E-state index in [1.54, 1.807) is 0 Å². The largest absolute Gasteiger partial charge is 0.424 e. The summed E-state index contributed by atoms with van der Waals surface area (Å²) in [4.78, 5) is 88.5. The highest BCUT2D eigenvalue weighted by atomic mass is 16.6. The SMILES string of the molecule is [3H]C.[3H]C.[C-]#[N+]C1=C[C@]2(C)C3=CC(=O)[C@@H]4[C@@H]5CC(C)(C)CC[C@]5(CCC(=O)CC)CC[C@@]4(C)[C@]3(C)CC[C@H]2C(C)(C)C1=O.[C-]#[N+][C@@]12O[C@@H]1[C@]1(C)C3=CC(=O)[C@@H]4[C@@H]5CC(C)(C)CC[C@]5(CCC(=O)CC)CC[C@@]4(C)[C@]3(C)CC[C@H]1C(C)(C)C2=O. The first-order valence-electron chi connectivity index (χ1n) is 33.3. The number of allylic oxidation sites excluding steroid dienone is 5. The van der Waals surface area contributed by atoms with Crippen LogP contribution in [0.4, 0.5) is 0 Å². The maximum absolute atomic E-state index is 14.6. The zero-order valence-electron chi connectivity index (χ0n) is 55.7. The summed E-state index contributed by atoms with van der Waals surface area (Å²) in [5, 5.41) is 0. The molecule has 81 heavy (non-hydrogen) atoms. The van der Waals surface area contributed by atoms with E-state index in [0.717, 1.165) is 108 Å². The summed E-state index contributed by atoms with van der Waals surface area (Å²) in [6.45, 7) is 51.1. The molecule has 10 aliphatic carbocycles. The molecule has 0 amide bonds. The summed E-state index contributed by atoms with van der Waals surface area (Å²) in [6.07, 6.45) is 24.2. The van der Waals surface area contributed by atoms with Crippen LogP contribution in [-0.4, -0.2) is 46.5 Å². The molecular weight excluding hydrogens is 1000 g/mol. The van der Waals surface area contributed by atoms with Crippen molar-refractivity contribution in [1.82, 2.24) is 0 Å². The van der Waals surface area contributed by atoms with E-state index >= 15 is 0 Å². The van der Waals surface area contributed by atoms with Crippen molar-refractivity contribution in [3.8, 4) is 0 Å². The summed E-state index contributed by atoms with van der Waals surface area (Å²) in [5.41, 5.74) is -1.44. The molecule has 0 aromatic carbocycles. The molecule has 9 heteroatoms. The van der Waals surface area contributed by atoms with Crippen LogP contribution in [0.5, 0.6) is 0 Å². The molecule has 9 nitrogen and oxygen atoms in total. The Labute approximate surface area is 493 Å². The molecule has 0 unspecified atom stereocenters. The van der Waals surface area contributed by atoms with E-state index in [1.165, 1.54) is 20.4 Å².